The third-order valence-corrected chi connectivity index (χ3v) is 4.32. The number of pyridine rings is 1. The summed E-state index contributed by atoms with van der Waals surface area (Å²) >= 11 is 0. The molecule has 2 aromatic rings. The van der Waals surface area contributed by atoms with Crippen molar-refractivity contribution in [2.75, 3.05) is 6.54 Å². The Bertz CT molecular complexity index is 684. The van der Waals surface area contributed by atoms with E-state index in [4.69, 9.17) is 5.73 Å². The summed E-state index contributed by atoms with van der Waals surface area (Å²) < 4.78 is 26.7. The van der Waals surface area contributed by atoms with Crippen molar-refractivity contribution in [1.82, 2.24) is 9.71 Å². The van der Waals surface area contributed by atoms with Gasteiger partial charge in [-0.2, -0.15) is 0 Å². The van der Waals surface area contributed by atoms with Gasteiger partial charge in [-0.05, 0) is 25.0 Å². The largest absolute Gasteiger partial charge is 0.328 e. The molecule has 0 aliphatic heterocycles. The minimum atomic E-state index is -3.37. The number of hydrogen-bond acceptors (Lipinski definition) is 4. The van der Waals surface area contributed by atoms with E-state index >= 15 is 0 Å². The van der Waals surface area contributed by atoms with E-state index in [9.17, 15) is 8.42 Å². The fourth-order valence-corrected chi connectivity index (χ4v) is 3.16. The van der Waals surface area contributed by atoms with Gasteiger partial charge in [-0.25, -0.2) is 13.1 Å². The van der Waals surface area contributed by atoms with Crippen LogP contribution >= 0.6 is 12.4 Å². The number of nitrogens with two attached hydrogens (primary N) is 1. The highest BCUT2D eigenvalue weighted by Gasteiger charge is 2.13. The van der Waals surface area contributed by atoms with Crippen LogP contribution in [0.2, 0.25) is 0 Å². The molecule has 1 unspecified atom stereocenters. The molecule has 2 rings (SSSR count). The molecule has 0 amide bonds. The average Bonchev–Trinajstić information content (AvgIpc) is 2.38. The fraction of sp³-hybridized carbons (Fsp3) is 0.357. The number of benzene rings is 1. The summed E-state index contributed by atoms with van der Waals surface area (Å²) in [4.78, 5) is 4.26. The Morgan fingerprint density at radius 1 is 1.29 bits per heavy atom. The Morgan fingerprint density at radius 2 is 2.00 bits per heavy atom. The van der Waals surface area contributed by atoms with Gasteiger partial charge in [0.15, 0.2) is 0 Å². The summed E-state index contributed by atoms with van der Waals surface area (Å²) in [6, 6.07) is 9.29. The predicted molar refractivity (Wildman–Crippen MR) is 87.9 cm³/mol. The van der Waals surface area contributed by atoms with Crippen LogP contribution in [0.1, 0.15) is 18.9 Å². The van der Waals surface area contributed by atoms with Crippen molar-refractivity contribution >= 4 is 33.3 Å². The van der Waals surface area contributed by atoms with Crippen molar-refractivity contribution in [2.45, 2.75) is 25.1 Å². The molecule has 0 aliphatic carbocycles. The summed E-state index contributed by atoms with van der Waals surface area (Å²) in [5.74, 6) is -0.0691. The molecule has 0 bridgehead atoms. The highest BCUT2D eigenvalue weighted by Crippen LogP contribution is 2.17. The first-order valence-electron chi connectivity index (χ1n) is 6.53. The number of aromatic nitrogens is 1. The van der Waals surface area contributed by atoms with Crippen molar-refractivity contribution in [3.8, 4) is 0 Å². The van der Waals surface area contributed by atoms with E-state index in [0.717, 1.165) is 10.9 Å². The van der Waals surface area contributed by atoms with Gasteiger partial charge in [0.25, 0.3) is 0 Å². The molecule has 7 heteroatoms. The summed E-state index contributed by atoms with van der Waals surface area (Å²) in [5.41, 5.74) is 7.04. The number of hydrogen-bond donors (Lipinski definition) is 2. The average molecular weight is 330 g/mol. The number of rotatable bonds is 6. The highest BCUT2D eigenvalue weighted by atomic mass is 35.5. The number of para-hydroxylation sites is 1. The molecule has 21 heavy (non-hydrogen) atoms. The third kappa shape index (κ3) is 5.24. The molecule has 0 radical (unpaired) electrons. The Balaban J connectivity index is 0.00000220. The van der Waals surface area contributed by atoms with Crippen LogP contribution in [0, 0.1) is 0 Å². The van der Waals surface area contributed by atoms with E-state index in [0.29, 0.717) is 18.5 Å². The zero-order chi connectivity index (χ0) is 14.6. The maximum atomic E-state index is 12.0. The molecule has 0 saturated heterocycles. The molecule has 116 valence electrons. The SMILES string of the molecule is CC(N)CCNS(=O)(=O)Cc1cccc2cccnc12.Cl. The summed E-state index contributed by atoms with van der Waals surface area (Å²) in [5, 5.41) is 0.941. The zero-order valence-electron chi connectivity index (χ0n) is 11.8. The van der Waals surface area contributed by atoms with Crippen LogP contribution in [0.5, 0.6) is 0 Å². The van der Waals surface area contributed by atoms with E-state index < -0.39 is 10.0 Å². The lowest BCUT2D eigenvalue weighted by molar-refractivity contribution is 0.571. The second-order valence-corrected chi connectivity index (χ2v) is 6.72. The Hall–Kier alpha value is -1.21. The smallest absolute Gasteiger partial charge is 0.215 e. The summed E-state index contributed by atoms with van der Waals surface area (Å²) in [7, 11) is -3.37. The van der Waals surface area contributed by atoms with Crippen LogP contribution < -0.4 is 10.5 Å². The summed E-state index contributed by atoms with van der Waals surface area (Å²) in [6.07, 6.45) is 2.29. The van der Waals surface area contributed by atoms with Crippen molar-refractivity contribution < 1.29 is 8.42 Å². The lowest BCUT2D eigenvalue weighted by Gasteiger charge is -2.09. The van der Waals surface area contributed by atoms with Gasteiger partial charge in [0, 0.05) is 24.2 Å². The normalized spacial score (nSPS) is 12.9. The van der Waals surface area contributed by atoms with Crippen LogP contribution in [0.25, 0.3) is 10.9 Å². The number of halogens is 1. The van der Waals surface area contributed by atoms with Crippen molar-refractivity contribution in [2.24, 2.45) is 5.73 Å². The van der Waals surface area contributed by atoms with Crippen LogP contribution in [-0.2, 0) is 15.8 Å². The van der Waals surface area contributed by atoms with Gasteiger partial charge < -0.3 is 5.73 Å². The van der Waals surface area contributed by atoms with Gasteiger partial charge >= 0.3 is 0 Å². The molecule has 0 saturated carbocycles. The molecule has 1 heterocycles. The molecule has 0 fully saturated rings. The van der Waals surface area contributed by atoms with Crippen LogP contribution in [0.3, 0.4) is 0 Å². The quantitative estimate of drug-likeness (QED) is 0.846. The maximum Gasteiger partial charge on any atom is 0.215 e. The first-order valence-corrected chi connectivity index (χ1v) is 8.19. The highest BCUT2D eigenvalue weighted by molar-refractivity contribution is 7.88. The minimum Gasteiger partial charge on any atom is -0.328 e. The molecule has 0 aliphatic rings. The topological polar surface area (TPSA) is 85.1 Å². The Kier molecular flexibility index (Phi) is 6.54. The fourth-order valence-electron chi connectivity index (χ4n) is 1.98. The third-order valence-electron chi connectivity index (χ3n) is 2.98. The molecule has 5 nitrogen and oxygen atoms in total. The van der Waals surface area contributed by atoms with Crippen molar-refractivity contribution in [3.63, 3.8) is 0 Å². The predicted octanol–water partition coefficient (Wildman–Crippen LogP) is 1.81. The maximum absolute atomic E-state index is 12.0. The van der Waals surface area contributed by atoms with Crippen molar-refractivity contribution in [3.05, 3.63) is 42.1 Å². The number of sulfonamides is 1. The number of nitrogens with one attached hydrogen (secondary N) is 1. The van der Waals surface area contributed by atoms with Gasteiger partial charge in [0.1, 0.15) is 0 Å². The monoisotopic (exact) mass is 329 g/mol. The summed E-state index contributed by atoms with van der Waals surface area (Å²) in [6.45, 7) is 2.21. The molecule has 3 N–H and O–H groups in total. The van der Waals surface area contributed by atoms with Gasteiger partial charge in [-0.15, -0.1) is 12.4 Å². The molecule has 0 spiro atoms. The first kappa shape index (κ1) is 17.8. The second kappa shape index (κ2) is 7.70. The molecular weight excluding hydrogens is 310 g/mol. The number of nitrogens with zero attached hydrogens (tertiary/aromatic N) is 1. The van der Waals surface area contributed by atoms with Crippen molar-refractivity contribution in [1.29, 1.82) is 0 Å². The lowest BCUT2D eigenvalue weighted by atomic mass is 10.1. The van der Waals surface area contributed by atoms with E-state index in [-0.39, 0.29) is 24.2 Å². The molecular formula is C14H20ClN3O2S. The van der Waals surface area contributed by atoms with Crippen LogP contribution in [0.4, 0.5) is 0 Å². The molecule has 1 aromatic heterocycles. The lowest BCUT2D eigenvalue weighted by Crippen LogP contribution is -2.30. The van der Waals surface area contributed by atoms with E-state index in [2.05, 4.69) is 9.71 Å². The van der Waals surface area contributed by atoms with E-state index in [1.54, 1.807) is 12.3 Å². The van der Waals surface area contributed by atoms with E-state index in [1.807, 2.05) is 31.2 Å². The number of fused-ring (bicyclic) bond motifs is 1. The van der Waals surface area contributed by atoms with Gasteiger partial charge in [-0.1, -0.05) is 24.3 Å². The van der Waals surface area contributed by atoms with E-state index in [1.165, 1.54) is 0 Å². The standard InChI is InChI=1S/C14H19N3O2S.ClH/c1-11(15)7-9-17-20(18,19)10-13-5-2-4-12-6-3-8-16-14(12)13;/h2-6,8,11,17H,7,9-10,15H2,1H3;1H. The second-order valence-electron chi connectivity index (χ2n) is 4.91. The minimum absolute atomic E-state index is 0. The molecule has 1 atom stereocenters. The van der Waals surface area contributed by atoms with Crippen LogP contribution in [0.15, 0.2) is 36.5 Å². The molecule has 1 aromatic carbocycles. The Labute approximate surface area is 131 Å². The zero-order valence-corrected chi connectivity index (χ0v) is 13.5. The van der Waals surface area contributed by atoms with Gasteiger partial charge in [0.2, 0.25) is 10.0 Å². The first-order chi connectivity index (χ1) is 9.48. The van der Waals surface area contributed by atoms with Crippen LogP contribution in [-0.4, -0.2) is 26.0 Å². The van der Waals surface area contributed by atoms with Gasteiger partial charge in [0.05, 0.1) is 11.3 Å². The Morgan fingerprint density at radius 3 is 2.71 bits per heavy atom. The van der Waals surface area contributed by atoms with Gasteiger partial charge in [-0.3, -0.25) is 4.98 Å².